The number of nitriles is 1. The van der Waals surface area contributed by atoms with Gasteiger partial charge in [-0.05, 0) is 59.7 Å². The lowest BCUT2D eigenvalue weighted by molar-refractivity contribution is 0.190. The van der Waals surface area contributed by atoms with E-state index in [0.29, 0.717) is 6.04 Å². The number of likely N-dealkylation sites (tertiary alicyclic amines) is 1. The van der Waals surface area contributed by atoms with Gasteiger partial charge in [0, 0.05) is 12.6 Å². The highest BCUT2D eigenvalue weighted by atomic mass is 15.2. The second-order valence-corrected chi connectivity index (χ2v) is 5.88. The molecule has 0 aromatic rings. The van der Waals surface area contributed by atoms with Crippen molar-refractivity contribution in [1.29, 1.82) is 5.26 Å². The second kappa shape index (κ2) is 6.98. The Bertz CT molecular complexity index is 255. The number of piperidine rings is 1. The fourth-order valence-corrected chi connectivity index (χ4v) is 2.45. The van der Waals surface area contributed by atoms with Crippen LogP contribution < -0.4 is 5.32 Å². The normalized spacial score (nSPS) is 22.4. The summed E-state index contributed by atoms with van der Waals surface area (Å²) in [6, 6.07) is 3.05. The first kappa shape index (κ1) is 14.5. The molecule has 1 heterocycles. The predicted octanol–water partition coefficient (Wildman–Crippen LogP) is 2.39. The Morgan fingerprint density at radius 3 is 2.82 bits per heavy atom. The average molecular weight is 237 g/mol. The molecule has 0 amide bonds. The van der Waals surface area contributed by atoms with Crippen LogP contribution in [0.4, 0.5) is 0 Å². The Hall–Kier alpha value is -0.590. The molecule has 1 rings (SSSR count). The lowest BCUT2D eigenvalue weighted by Crippen LogP contribution is -2.44. The molecule has 1 atom stereocenters. The van der Waals surface area contributed by atoms with Gasteiger partial charge in [0.25, 0.3) is 0 Å². The van der Waals surface area contributed by atoms with Crippen molar-refractivity contribution in [1.82, 2.24) is 10.2 Å². The zero-order chi connectivity index (χ0) is 12.7. The van der Waals surface area contributed by atoms with E-state index in [4.69, 9.17) is 5.26 Å². The molecule has 0 radical (unpaired) electrons. The molecule has 0 aromatic heterocycles. The molecule has 17 heavy (non-hydrogen) atoms. The second-order valence-electron chi connectivity index (χ2n) is 5.88. The SMILES string of the molecule is CNC1CCCN(CCCCC(C)(C)C#N)C1. The van der Waals surface area contributed by atoms with Gasteiger partial charge in [-0.3, -0.25) is 0 Å². The summed E-state index contributed by atoms with van der Waals surface area (Å²) in [6.07, 6.45) is 6.04. The average Bonchev–Trinajstić information content (AvgIpc) is 2.35. The molecular formula is C14H27N3. The Balaban J connectivity index is 2.12. The van der Waals surface area contributed by atoms with Crippen LogP contribution in [0.15, 0.2) is 0 Å². The van der Waals surface area contributed by atoms with Gasteiger partial charge in [-0.1, -0.05) is 6.42 Å². The molecule has 3 heteroatoms. The van der Waals surface area contributed by atoms with Crippen molar-refractivity contribution in [3.63, 3.8) is 0 Å². The Morgan fingerprint density at radius 2 is 2.18 bits per heavy atom. The van der Waals surface area contributed by atoms with E-state index in [1.165, 1.54) is 45.3 Å². The first-order chi connectivity index (χ1) is 8.07. The van der Waals surface area contributed by atoms with Gasteiger partial charge in [-0.25, -0.2) is 0 Å². The Labute approximate surface area is 106 Å². The van der Waals surface area contributed by atoms with Gasteiger partial charge < -0.3 is 10.2 Å². The maximum Gasteiger partial charge on any atom is 0.0683 e. The quantitative estimate of drug-likeness (QED) is 0.721. The highest BCUT2D eigenvalue weighted by Crippen LogP contribution is 2.22. The fourth-order valence-electron chi connectivity index (χ4n) is 2.45. The van der Waals surface area contributed by atoms with Crippen molar-refractivity contribution < 1.29 is 0 Å². The summed E-state index contributed by atoms with van der Waals surface area (Å²) in [5.41, 5.74) is -0.143. The number of rotatable bonds is 6. The van der Waals surface area contributed by atoms with Crippen molar-refractivity contribution in [2.24, 2.45) is 5.41 Å². The molecule has 0 saturated carbocycles. The fraction of sp³-hybridized carbons (Fsp3) is 0.929. The van der Waals surface area contributed by atoms with Crippen LogP contribution in [0.5, 0.6) is 0 Å². The first-order valence-electron chi connectivity index (χ1n) is 6.88. The monoisotopic (exact) mass is 237 g/mol. The molecule has 0 spiro atoms. The summed E-state index contributed by atoms with van der Waals surface area (Å²) < 4.78 is 0. The van der Waals surface area contributed by atoms with Gasteiger partial charge in [0.1, 0.15) is 0 Å². The maximum atomic E-state index is 8.94. The zero-order valence-corrected chi connectivity index (χ0v) is 11.6. The number of hydrogen-bond donors (Lipinski definition) is 1. The molecule has 98 valence electrons. The predicted molar refractivity (Wildman–Crippen MR) is 71.8 cm³/mol. The summed E-state index contributed by atoms with van der Waals surface area (Å²) >= 11 is 0. The van der Waals surface area contributed by atoms with Gasteiger partial charge in [0.2, 0.25) is 0 Å². The third-order valence-corrected chi connectivity index (χ3v) is 3.74. The number of hydrogen-bond acceptors (Lipinski definition) is 3. The highest BCUT2D eigenvalue weighted by Gasteiger charge is 2.19. The van der Waals surface area contributed by atoms with Crippen molar-refractivity contribution in [3.8, 4) is 6.07 Å². The summed E-state index contributed by atoms with van der Waals surface area (Å²) in [5, 5.41) is 12.3. The van der Waals surface area contributed by atoms with Crippen LogP contribution in [0.2, 0.25) is 0 Å². The van der Waals surface area contributed by atoms with Gasteiger partial charge in [0.15, 0.2) is 0 Å². The molecule has 0 aromatic carbocycles. The van der Waals surface area contributed by atoms with E-state index in [1.807, 2.05) is 13.8 Å². The largest absolute Gasteiger partial charge is 0.316 e. The lowest BCUT2D eigenvalue weighted by Gasteiger charge is -2.32. The molecule has 1 fully saturated rings. The standard InChI is InChI=1S/C14H27N3/c1-14(2,12-15)8-4-5-9-17-10-6-7-13(11-17)16-3/h13,16H,4-11H2,1-3H3. The van der Waals surface area contributed by atoms with Gasteiger partial charge >= 0.3 is 0 Å². The number of nitrogens with one attached hydrogen (secondary N) is 1. The van der Waals surface area contributed by atoms with E-state index in [-0.39, 0.29) is 5.41 Å². The van der Waals surface area contributed by atoms with Crippen LogP contribution in [0.3, 0.4) is 0 Å². The van der Waals surface area contributed by atoms with Crippen LogP contribution in [0.25, 0.3) is 0 Å². The lowest BCUT2D eigenvalue weighted by atomic mass is 9.89. The number of unbranched alkanes of at least 4 members (excludes halogenated alkanes) is 1. The summed E-state index contributed by atoms with van der Waals surface area (Å²) in [7, 11) is 2.06. The molecule has 1 unspecified atom stereocenters. The number of nitrogens with zero attached hydrogens (tertiary/aromatic N) is 2. The van der Waals surface area contributed by atoms with Crippen molar-refractivity contribution >= 4 is 0 Å². The summed E-state index contributed by atoms with van der Waals surface area (Å²) in [4.78, 5) is 2.56. The molecule has 1 aliphatic rings. The zero-order valence-electron chi connectivity index (χ0n) is 11.6. The smallest absolute Gasteiger partial charge is 0.0683 e. The van der Waals surface area contributed by atoms with Gasteiger partial charge in [-0.15, -0.1) is 0 Å². The van der Waals surface area contributed by atoms with E-state index in [9.17, 15) is 0 Å². The topological polar surface area (TPSA) is 39.1 Å². The van der Waals surface area contributed by atoms with E-state index in [1.54, 1.807) is 0 Å². The van der Waals surface area contributed by atoms with Crippen molar-refractivity contribution in [2.45, 2.75) is 52.0 Å². The van der Waals surface area contributed by atoms with Crippen molar-refractivity contribution in [3.05, 3.63) is 0 Å². The third kappa shape index (κ3) is 5.52. The third-order valence-electron chi connectivity index (χ3n) is 3.74. The van der Waals surface area contributed by atoms with E-state index < -0.39 is 0 Å². The Kier molecular flexibility index (Phi) is 5.94. The first-order valence-corrected chi connectivity index (χ1v) is 6.88. The molecule has 1 saturated heterocycles. The van der Waals surface area contributed by atoms with Crippen LogP contribution in [0.1, 0.15) is 46.0 Å². The van der Waals surface area contributed by atoms with Crippen LogP contribution in [0, 0.1) is 16.7 Å². The minimum atomic E-state index is -0.143. The van der Waals surface area contributed by atoms with E-state index >= 15 is 0 Å². The molecule has 1 aliphatic heterocycles. The van der Waals surface area contributed by atoms with Crippen LogP contribution in [-0.2, 0) is 0 Å². The summed E-state index contributed by atoms with van der Waals surface area (Å²) in [6.45, 7) is 7.70. The molecule has 1 N–H and O–H groups in total. The molecule has 0 aliphatic carbocycles. The minimum Gasteiger partial charge on any atom is -0.316 e. The van der Waals surface area contributed by atoms with E-state index in [2.05, 4.69) is 23.3 Å². The summed E-state index contributed by atoms with van der Waals surface area (Å²) in [5.74, 6) is 0. The maximum absolute atomic E-state index is 8.94. The molecule has 0 bridgehead atoms. The number of likely N-dealkylation sites (N-methyl/N-ethyl adjacent to an activating group) is 1. The highest BCUT2D eigenvalue weighted by molar-refractivity contribution is 4.91. The minimum absolute atomic E-state index is 0.143. The molecule has 3 nitrogen and oxygen atoms in total. The van der Waals surface area contributed by atoms with E-state index in [0.717, 1.165) is 6.42 Å². The van der Waals surface area contributed by atoms with Gasteiger partial charge in [0.05, 0.1) is 11.5 Å². The Morgan fingerprint density at radius 1 is 1.41 bits per heavy atom. The van der Waals surface area contributed by atoms with Crippen molar-refractivity contribution in [2.75, 3.05) is 26.7 Å². The molecular weight excluding hydrogens is 210 g/mol. The van der Waals surface area contributed by atoms with Crippen LogP contribution in [-0.4, -0.2) is 37.6 Å². The van der Waals surface area contributed by atoms with Gasteiger partial charge in [-0.2, -0.15) is 5.26 Å². The van der Waals surface area contributed by atoms with Crippen LogP contribution >= 0.6 is 0 Å².